The summed E-state index contributed by atoms with van der Waals surface area (Å²) in [6.45, 7) is 7.01. The molecule has 1 fully saturated rings. The van der Waals surface area contributed by atoms with Crippen LogP contribution in [0.2, 0.25) is 0 Å². The van der Waals surface area contributed by atoms with Crippen molar-refractivity contribution >= 4 is 39.8 Å². The number of carbonyl (C=O) groups is 3. The molecule has 0 saturated heterocycles. The van der Waals surface area contributed by atoms with Gasteiger partial charge in [-0.25, -0.2) is 4.79 Å². The Morgan fingerprint density at radius 1 is 0.851 bits per heavy atom. The number of anilines is 1. The monoisotopic (exact) mass is 1000 g/mol. The number of nitrogens with zero attached hydrogens (tertiary/aromatic N) is 3. The minimum Gasteiger partial charge on any atom is -0.490 e. The van der Waals surface area contributed by atoms with Crippen LogP contribution in [-0.2, 0) is 30.5 Å². The van der Waals surface area contributed by atoms with Crippen LogP contribution < -0.4 is 35.6 Å². The number of hydrogen-bond donors (Lipinski definition) is 4. The molecule has 12 nitrogen and oxygen atoms in total. The SMILES string of the molecule is CCCCc1cc2c(c3c1=NCCC3)Oc1c(cc3c4c1CCCN4CCCC3)C=2c1cc(C(=O)NCCN(CC2CCCCCCC2)C(=O)CCNC[C@H](O)COc2cccc3ccccc23)ccc1C(=O)O. The Hall–Kier alpha value is -6.24. The van der Waals surface area contributed by atoms with Crippen LogP contribution >= 0.6 is 0 Å². The van der Waals surface area contributed by atoms with Crippen molar-refractivity contribution in [3.63, 3.8) is 0 Å². The van der Waals surface area contributed by atoms with Crippen LogP contribution in [0, 0.1) is 5.92 Å². The van der Waals surface area contributed by atoms with Gasteiger partial charge in [-0.1, -0.05) is 81.8 Å². The quantitative estimate of drug-likeness (QED) is 0.0582. The molecule has 5 aromatic rings. The van der Waals surface area contributed by atoms with Gasteiger partial charge in [0, 0.05) is 103 Å². The predicted molar refractivity (Wildman–Crippen MR) is 292 cm³/mol. The molecule has 4 N–H and O–H groups in total. The summed E-state index contributed by atoms with van der Waals surface area (Å²) in [6, 6.07) is 23.3. The number of hydrogen-bond acceptors (Lipinski definition) is 9. The van der Waals surface area contributed by atoms with Crippen LogP contribution in [0.15, 0.2) is 77.8 Å². The highest BCUT2D eigenvalue weighted by Crippen LogP contribution is 2.48. The second kappa shape index (κ2) is 24.0. The maximum Gasteiger partial charge on any atom is 0.336 e. The van der Waals surface area contributed by atoms with Gasteiger partial charge in [0.05, 0.1) is 10.9 Å². The lowest BCUT2D eigenvalue weighted by atomic mass is 9.82. The van der Waals surface area contributed by atoms with Gasteiger partial charge >= 0.3 is 5.97 Å². The average Bonchev–Trinajstić information content (AvgIpc) is 3.63. The van der Waals surface area contributed by atoms with Gasteiger partial charge in [0.15, 0.2) is 0 Å². The number of unbranched alkanes of at least 4 members (excludes halogenated alkanes) is 1. The van der Waals surface area contributed by atoms with Crippen LogP contribution in [0.1, 0.15) is 151 Å². The Morgan fingerprint density at radius 3 is 2.51 bits per heavy atom. The fraction of sp³-hybridized carbons (Fsp3) is 0.484. The van der Waals surface area contributed by atoms with Crippen molar-refractivity contribution in [3.8, 4) is 17.2 Å². The zero-order chi connectivity index (χ0) is 51.0. The van der Waals surface area contributed by atoms with E-state index in [0.29, 0.717) is 36.7 Å². The van der Waals surface area contributed by atoms with Crippen molar-refractivity contribution in [2.45, 2.75) is 129 Å². The van der Waals surface area contributed by atoms with Gasteiger partial charge in [0.2, 0.25) is 5.91 Å². The van der Waals surface area contributed by atoms with Gasteiger partial charge in [0.25, 0.3) is 5.91 Å². The number of rotatable bonds is 19. The number of carboxylic acid groups (broad SMARTS) is 1. The van der Waals surface area contributed by atoms with Gasteiger partial charge in [-0.05, 0) is 135 Å². The molecule has 74 heavy (non-hydrogen) atoms. The third kappa shape index (κ3) is 11.4. The third-order valence-corrected chi connectivity index (χ3v) is 16.1. The number of ether oxygens (including phenoxy) is 2. The topological polar surface area (TPSA) is 153 Å². The molecular weight excluding hydrogens is 927 g/mol. The number of benzene rings is 5. The molecule has 0 bridgehead atoms. The van der Waals surface area contributed by atoms with Crippen molar-refractivity contribution in [3.05, 3.63) is 128 Å². The van der Waals surface area contributed by atoms with Gasteiger partial charge in [-0.3, -0.25) is 14.6 Å². The summed E-state index contributed by atoms with van der Waals surface area (Å²) < 4.78 is 13.2. The summed E-state index contributed by atoms with van der Waals surface area (Å²) in [6.07, 6.45) is 17.3. The number of nitrogens with one attached hydrogen (secondary N) is 2. The minimum absolute atomic E-state index is 0.00462. The molecule has 0 spiro atoms. The Morgan fingerprint density at radius 2 is 1.66 bits per heavy atom. The summed E-state index contributed by atoms with van der Waals surface area (Å²) in [5, 5.41) is 32.1. The molecule has 10 rings (SSSR count). The zero-order valence-electron chi connectivity index (χ0n) is 43.5. The van der Waals surface area contributed by atoms with E-state index in [1.54, 1.807) is 18.2 Å². The number of fused-ring (bicyclic) bond motifs is 6. The minimum atomic E-state index is -1.06. The molecule has 1 atom stereocenters. The second-order valence-electron chi connectivity index (χ2n) is 21.4. The Bertz CT molecular complexity index is 2990. The first kappa shape index (κ1) is 51.3. The van der Waals surface area contributed by atoms with Crippen molar-refractivity contribution in [1.29, 1.82) is 0 Å². The van der Waals surface area contributed by atoms with E-state index in [-0.39, 0.29) is 43.5 Å². The lowest BCUT2D eigenvalue weighted by Crippen LogP contribution is -2.42. The van der Waals surface area contributed by atoms with Crippen molar-refractivity contribution in [1.82, 2.24) is 15.5 Å². The molecule has 5 aliphatic rings. The number of carbonyl (C=O) groups excluding carboxylic acids is 2. The summed E-state index contributed by atoms with van der Waals surface area (Å²) in [5.74, 6) is 1.31. The number of carboxylic acids is 1. The first-order chi connectivity index (χ1) is 36.2. The molecule has 4 aliphatic heterocycles. The molecule has 0 radical (unpaired) electrons. The van der Waals surface area contributed by atoms with E-state index in [1.807, 2.05) is 47.4 Å². The van der Waals surface area contributed by atoms with E-state index in [0.717, 1.165) is 170 Å². The number of aliphatic hydroxyl groups is 1. The number of aryl methyl sites for hydroxylation is 2. The number of aliphatic hydroxyl groups excluding tert-OH is 1. The van der Waals surface area contributed by atoms with Crippen LogP contribution in [0.25, 0.3) is 16.3 Å². The lowest BCUT2D eigenvalue weighted by Gasteiger charge is -2.36. The zero-order valence-corrected chi connectivity index (χ0v) is 43.5. The highest BCUT2D eigenvalue weighted by atomic mass is 16.5. The van der Waals surface area contributed by atoms with Crippen LogP contribution in [0.5, 0.6) is 17.2 Å². The van der Waals surface area contributed by atoms with Gasteiger partial charge in [-0.2, -0.15) is 0 Å². The lowest BCUT2D eigenvalue weighted by molar-refractivity contribution is -0.131. The number of aromatic carboxylic acids is 1. The highest BCUT2D eigenvalue weighted by molar-refractivity contribution is 6.02. The van der Waals surface area contributed by atoms with Gasteiger partial charge in [0.1, 0.15) is 30.0 Å². The molecule has 0 unspecified atom stereocenters. The van der Waals surface area contributed by atoms with Crippen LogP contribution in [0.4, 0.5) is 5.69 Å². The van der Waals surface area contributed by atoms with Gasteiger partial charge < -0.3 is 40.1 Å². The fourth-order valence-electron chi connectivity index (χ4n) is 12.4. The molecule has 1 aliphatic carbocycles. The summed E-state index contributed by atoms with van der Waals surface area (Å²) in [5.41, 5.74) is 8.70. The van der Waals surface area contributed by atoms with E-state index < -0.39 is 12.1 Å². The van der Waals surface area contributed by atoms with E-state index in [9.17, 15) is 24.6 Å². The normalized spacial score (nSPS) is 16.7. The molecule has 390 valence electrons. The smallest absolute Gasteiger partial charge is 0.336 e. The second-order valence-corrected chi connectivity index (χ2v) is 21.4. The average molecular weight is 1000 g/mol. The largest absolute Gasteiger partial charge is 0.490 e. The first-order valence-electron chi connectivity index (χ1n) is 28.0. The molecule has 12 heteroatoms. The van der Waals surface area contributed by atoms with E-state index in [4.69, 9.17) is 14.5 Å². The van der Waals surface area contributed by atoms with Crippen molar-refractivity contribution in [2.75, 3.05) is 63.9 Å². The first-order valence-corrected chi connectivity index (χ1v) is 28.0. The van der Waals surface area contributed by atoms with E-state index >= 15 is 0 Å². The third-order valence-electron chi connectivity index (χ3n) is 16.1. The van der Waals surface area contributed by atoms with Crippen molar-refractivity contribution < 1.29 is 34.1 Å². The molecule has 1 saturated carbocycles. The van der Waals surface area contributed by atoms with Gasteiger partial charge in [-0.15, -0.1) is 0 Å². The molecule has 2 amide bonds. The summed E-state index contributed by atoms with van der Waals surface area (Å²) in [4.78, 5) is 51.5. The Balaban J connectivity index is 0.902. The Kier molecular flexibility index (Phi) is 16.6. The molecular formula is C62H75N5O7. The fourth-order valence-corrected chi connectivity index (χ4v) is 12.4. The van der Waals surface area contributed by atoms with Crippen molar-refractivity contribution in [2.24, 2.45) is 10.9 Å². The molecule has 5 aromatic carbocycles. The summed E-state index contributed by atoms with van der Waals surface area (Å²) in [7, 11) is 0. The maximum absolute atomic E-state index is 14.4. The van der Waals surface area contributed by atoms with E-state index in [2.05, 4.69) is 34.6 Å². The number of amides is 2. The standard InChI is InChI=1S/C62H75N5O7/c1-2-3-18-43-35-52-56(53-36-44-20-11-12-32-66-33-15-24-50(58(44)66)60(53)74-59(52)49-23-14-29-64-57(43)49)51-37-45(26-27-48(51)62(71)72)61(70)65-31-34-67(39-41-16-7-5-4-6-8-17-41)55(69)28-30-63-38-46(68)40-73-54-25-13-21-42-19-9-10-22-47(42)54/h9-10,13,19,21-22,25-27,35-37,41,46,63,68H,2-8,11-12,14-18,20,23-24,28-34,38-40H2,1H3,(H,65,70)(H,71,72)/t46-/m0/s1. The Labute approximate surface area is 436 Å². The van der Waals surface area contributed by atoms with Crippen LogP contribution in [-0.4, -0.2) is 98.0 Å². The highest BCUT2D eigenvalue weighted by Gasteiger charge is 2.35. The molecule has 4 heterocycles. The van der Waals surface area contributed by atoms with Crippen LogP contribution in [0.3, 0.4) is 0 Å². The van der Waals surface area contributed by atoms with E-state index in [1.165, 1.54) is 36.1 Å². The summed E-state index contributed by atoms with van der Waals surface area (Å²) >= 11 is 0. The molecule has 0 aromatic heterocycles. The predicted octanol–water partition coefficient (Wildman–Crippen LogP) is 9.23. The maximum atomic E-state index is 14.4.